The third-order valence-corrected chi connectivity index (χ3v) is 5.53. The van der Waals surface area contributed by atoms with Gasteiger partial charge in [0.25, 0.3) is 0 Å². The van der Waals surface area contributed by atoms with Gasteiger partial charge in [-0.3, -0.25) is 4.79 Å². The number of aromatic nitrogens is 2. The van der Waals surface area contributed by atoms with Crippen LogP contribution in [-0.2, 0) is 4.79 Å². The molecule has 6 heteroatoms. The van der Waals surface area contributed by atoms with Crippen LogP contribution in [0, 0.1) is 12.8 Å². The maximum absolute atomic E-state index is 12.0. The van der Waals surface area contributed by atoms with Gasteiger partial charge < -0.3 is 10.2 Å². The fourth-order valence-electron chi connectivity index (χ4n) is 2.89. The van der Waals surface area contributed by atoms with Crippen molar-refractivity contribution in [2.24, 2.45) is 5.92 Å². The molecule has 0 bridgehead atoms. The van der Waals surface area contributed by atoms with Gasteiger partial charge in [0, 0.05) is 25.2 Å². The third kappa shape index (κ3) is 2.56. The molecule has 5 nitrogen and oxygen atoms in total. The van der Waals surface area contributed by atoms with E-state index in [1.165, 1.54) is 19.3 Å². The number of hydrogen-bond acceptors (Lipinski definition) is 5. The third-order valence-electron chi connectivity index (χ3n) is 4.41. The standard InChI is InChI=1S/C16H20N4OS/c1-10-9-17-14(19-15(21)11-5-6-11)13-12(10)18-16(22-13)20-7-3-2-4-8-20/h9,11H,2-8H2,1H3,(H,17,19,21). The van der Waals surface area contributed by atoms with Gasteiger partial charge in [-0.1, -0.05) is 11.3 Å². The monoisotopic (exact) mass is 316 g/mol. The highest BCUT2D eigenvalue weighted by atomic mass is 32.1. The lowest BCUT2D eigenvalue weighted by Gasteiger charge is -2.25. The van der Waals surface area contributed by atoms with Crippen LogP contribution in [-0.4, -0.2) is 29.0 Å². The molecule has 0 radical (unpaired) electrons. The molecule has 4 rings (SSSR count). The molecular weight excluding hydrogens is 296 g/mol. The molecule has 1 aliphatic carbocycles. The summed E-state index contributed by atoms with van der Waals surface area (Å²) in [5.41, 5.74) is 2.05. The van der Waals surface area contributed by atoms with E-state index in [-0.39, 0.29) is 11.8 Å². The minimum atomic E-state index is 0.102. The summed E-state index contributed by atoms with van der Waals surface area (Å²) in [5, 5.41) is 4.05. The fourth-order valence-corrected chi connectivity index (χ4v) is 4.03. The molecular formula is C16H20N4OS. The lowest BCUT2D eigenvalue weighted by Crippen LogP contribution is -2.29. The summed E-state index contributed by atoms with van der Waals surface area (Å²) in [6.07, 6.45) is 7.59. The molecule has 3 heterocycles. The normalized spacial score (nSPS) is 18.7. The van der Waals surface area contributed by atoms with Crippen molar-refractivity contribution in [3.05, 3.63) is 11.8 Å². The van der Waals surface area contributed by atoms with Crippen molar-refractivity contribution in [1.82, 2.24) is 9.97 Å². The Balaban J connectivity index is 1.69. The second-order valence-electron chi connectivity index (χ2n) is 6.28. The average Bonchev–Trinajstić information content (AvgIpc) is 3.29. The van der Waals surface area contributed by atoms with Crippen LogP contribution in [0.25, 0.3) is 10.2 Å². The van der Waals surface area contributed by atoms with Crippen molar-refractivity contribution < 1.29 is 4.79 Å². The van der Waals surface area contributed by atoms with E-state index >= 15 is 0 Å². The van der Waals surface area contributed by atoms with Gasteiger partial charge in [0.15, 0.2) is 10.9 Å². The van der Waals surface area contributed by atoms with Crippen LogP contribution in [0.5, 0.6) is 0 Å². The van der Waals surface area contributed by atoms with E-state index in [0.29, 0.717) is 5.82 Å². The lowest BCUT2D eigenvalue weighted by molar-refractivity contribution is -0.117. The van der Waals surface area contributed by atoms with Crippen molar-refractivity contribution in [3.8, 4) is 0 Å². The van der Waals surface area contributed by atoms with E-state index in [9.17, 15) is 4.79 Å². The summed E-state index contributed by atoms with van der Waals surface area (Å²) in [7, 11) is 0. The number of piperidine rings is 1. The van der Waals surface area contributed by atoms with Crippen molar-refractivity contribution in [3.63, 3.8) is 0 Å². The molecule has 0 spiro atoms. The molecule has 2 fully saturated rings. The number of fused-ring (bicyclic) bond motifs is 1. The summed E-state index contributed by atoms with van der Waals surface area (Å²) in [6, 6.07) is 0. The zero-order valence-corrected chi connectivity index (χ0v) is 13.6. The molecule has 0 atom stereocenters. The SMILES string of the molecule is Cc1cnc(NC(=O)C2CC2)c2sc(N3CCCCC3)nc12. The fraction of sp³-hybridized carbons (Fsp3) is 0.562. The first-order valence-electron chi connectivity index (χ1n) is 8.04. The Morgan fingerprint density at radius 2 is 2.09 bits per heavy atom. The predicted octanol–water partition coefficient (Wildman–Crippen LogP) is 3.34. The molecule has 0 unspecified atom stereocenters. The number of nitrogens with one attached hydrogen (secondary N) is 1. The van der Waals surface area contributed by atoms with Crippen LogP contribution >= 0.6 is 11.3 Å². The van der Waals surface area contributed by atoms with Crippen molar-refractivity contribution >= 4 is 38.4 Å². The molecule has 1 N–H and O–H groups in total. The Labute approximate surface area is 133 Å². The Morgan fingerprint density at radius 1 is 1.32 bits per heavy atom. The summed E-state index contributed by atoms with van der Waals surface area (Å²) in [6.45, 7) is 4.19. The Morgan fingerprint density at radius 3 is 2.82 bits per heavy atom. The van der Waals surface area contributed by atoms with Gasteiger partial charge in [-0.2, -0.15) is 0 Å². The quantitative estimate of drug-likeness (QED) is 0.943. The summed E-state index contributed by atoms with van der Waals surface area (Å²) in [4.78, 5) is 23.6. The van der Waals surface area contributed by atoms with Gasteiger partial charge in [-0.05, 0) is 44.6 Å². The molecule has 1 aliphatic heterocycles. The predicted molar refractivity (Wildman–Crippen MR) is 89.6 cm³/mol. The number of amides is 1. The maximum atomic E-state index is 12.0. The van der Waals surface area contributed by atoms with Crippen LogP contribution in [0.15, 0.2) is 6.20 Å². The maximum Gasteiger partial charge on any atom is 0.228 e. The second kappa shape index (κ2) is 5.50. The number of thiazole rings is 1. The van der Waals surface area contributed by atoms with Gasteiger partial charge in [0.05, 0.1) is 10.2 Å². The van der Waals surface area contributed by atoms with E-state index in [1.54, 1.807) is 11.3 Å². The zero-order valence-electron chi connectivity index (χ0n) is 12.8. The molecule has 1 amide bonds. The van der Waals surface area contributed by atoms with E-state index in [4.69, 9.17) is 4.98 Å². The summed E-state index contributed by atoms with van der Waals surface area (Å²) in [5.74, 6) is 0.969. The van der Waals surface area contributed by atoms with E-state index < -0.39 is 0 Å². The largest absolute Gasteiger partial charge is 0.348 e. The number of hydrogen-bond donors (Lipinski definition) is 1. The van der Waals surface area contributed by atoms with Crippen LogP contribution in [0.1, 0.15) is 37.7 Å². The smallest absolute Gasteiger partial charge is 0.228 e. The van der Waals surface area contributed by atoms with E-state index in [2.05, 4.69) is 15.2 Å². The van der Waals surface area contributed by atoms with Gasteiger partial charge in [-0.15, -0.1) is 0 Å². The van der Waals surface area contributed by atoms with Crippen LogP contribution in [0.4, 0.5) is 10.9 Å². The number of nitrogens with zero attached hydrogens (tertiary/aromatic N) is 3. The lowest BCUT2D eigenvalue weighted by atomic mass is 10.1. The number of anilines is 2. The first kappa shape index (κ1) is 13.9. The summed E-state index contributed by atoms with van der Waals surface area (Å²) < 4.78 is 1.01. The average molecular weight is 316 g/mol. The summed E-state index contributed by atoms with van der Waals surface area (Å²) >= 11 is 1.66. The zero-order chi connectivity index (χ0) is 15.1. The minimum absolute atomic E-state index is 0.102. The highest BCUT2D eigenvalue weighted by molar-refractivity contribution is 7.22. The molecule has 2 aliphatic rings. The Bertz CT molecular complexity index is 716. The van der Waals surface area contributed by atoms with Gasteiger partial charge >= 0.3 is 0 Å². The number of aryl methyl sites for hydroxylation is 1. The van der Waals surface area contributed by atoms with Crippen molar-refractivity contribution in [2.45, 2.75) is 39.0 Å². The van der Waals surface area contributed by atoms with Crippen LogP contribution in [0.2, 0.25) is 0 Å². The van der Waals surface area contributed by atoms with E-state index in [0.717, 1.165) is 46.8 Å². The number of carbonyl (C=O) groups is 1. The molecule has 2 aromatic rings. The number of pyridine rings is 1. The van der Waals surface area contributed by atoms with Crippen molar-refractivity contribution in [2.75, 3.05) is 23.3 Å². The van der Waals surface area contributed by atoms with Crippen LogP contribution in [0.3, 0.4) is 0 Å². The topological polar surface area (TPSA) is 58.1 Å². The van der Waals surface area contributed by atoms with Crippen molar-refractivity contribution in [1.29, 1.82) is 0 Å². The second-order valence-corrected chi connectivity index (χ2v) is 7.25. The van der Waals surface area contributed by atoms with Gasteiger partial charge in [-0.25, -0.2) is 9.97 Å². The molecule has 1 saturated heterocycles. The first-order valence-corrected chi connectivity index (χ1v) is 8.86. The molecule has 1 saturated carbocycles. The molecule has 2 aromatic heterocycles. The van der Waals surface area contributed by atoms with E-state index in [1.807, 2.05) is 13.1 Å². The highest BCUT2D eigenvalue weighted by Gasteiger charge is 2.30. The number of rotatable bonds is 3. The minimum Gasteiger partial charge on any atom is -0.348 e. The molecule has 0 aromatic carbocycles. The molecule has 116 valence electrons. The van der Waals surface area contributed by atoms with Crippen LogP contribution < -0.4 is 10.2 Å². The highest BCUT2D eigenvalue weighted by Crippen LogP contribution is 2.37. The molecule has 22 heavy (non-hydrogen) atoms. The Hall–Kier alpha value is -1.69. The first-order chi connectivity index (χ1) is 10.7. The van der Waals surface area contributed by atoms with Gasteiger partial charge in [0.2, 0.25) is 5.91 Å². The Kier molecular flexibility index (Phi) is 3.48. The van der Waals surface area contributed by atoms with Gasteiger partial charge in [0.1, 0.15) is 0 Å². The number of carbonyl (C=O) groups excluding carboxylic acids is 1.